The van der Waals surface area contributed by atoms with Gasteiger partial charge < -0.3 is 15.3 Å². The molecule has 3 aromatic carbocycles. The van der Waals surface area contributed by atoms with Crippen LogP contribution < -0.4 is 21.8 Å². The molecular weight excluding hydrogens is 738 g/mol. The van der Waals surface area contributed by atoms with Crippen LogP contribution in [0.1, 0.15) is 27.8 Å². The van der Waals surface area contributed by atoms with Gasteiger partial charge in [-0.2, -0.15) is 0 Å². The van der Waals surface area contributed by atoms with Gasteiger partial charge in [0.2, 0.25) is 5.79 Å². The van der Waals surface area contributed by atoms with Crippen LogP contribution in [-0.2, 0) is 5.79 Å². The number of nitrogens with two attached hydrogens (primary N) is 1. The molecule has 0 fully saturated rings. The minimum absolute atomic E-state index is 0.0683. The number of nitrogens with one attached hydrogen (secondary N) is 3. The van der Waals surface area contributed by atoms with Crippen LogP contribution in [0.2, 0.25) is 0 Å². The Hall–Kier alpha value is -6.51. The van der Waals surface area contributed by atoms with E-state index in [-0.39, 0.29) is 11.1 Å². The molecule has 1 unspecified atom stereocenters. The zero-order chi connectivity index (χ0) is 37.6. The molecule has 0 radical (unpaired) electrons. The molecule has 8 bridgehead atoms. The number of aliphatic imine (C=N–C) groups is 4. The minimum Gasteiger partial charge on any atom is -0.325 e. The molecular formula is C32H9F12N9. The van der Waals surface area contributed by atoms with E-state index < -0.39 is 149 Å². The molecule has 5 N–H and O–H groups in total. The summed E-state index contributed by atoms with van der Waals surface area (Å²) < 4.78 is 181. The van der Waals surface area contributed by atoms with E-state index in [4.69, 9.17) is 5.73 Å². The van der Waals surface area contributed by atoms with Gasteiger partial charge in [-0.25, -0.2) is 77.6 Å². The average Bonchev–Trinajstić information content (AvgIpc) is 3.88. The Kier molecular flexibility index (Phi) is 6.43. The average molecular weight is 747 g/mol. The lowest BCUT2D eigenvalue weighted by molar-refractivity contribution is 0.174. The highest BCUT2D eigenvalue weighted by molar-refractivity contribution is 6.27. The second-order valence-electron chi connectivity index (χ2n) is 11.6. The molecule has 3 aliphatic heterocycles. The van der Waals surface area contributed by atoms with Crippen LogP contribution >= 0.6 is 0 Å². The first-order chi connectivity index (χ1) is 25.1. The van der Waals surface area contributed by atoms with E-state index in [9.17, 15) is 26.3 Å². The van der Waals surface area contributed by atoms with Crippen LogP contribution in [0.4, 0.5) is 70.1 Å². The zero-order valence-corrected chi connectivity index (χ0v) is 25.2. The molecule has 0 saturated carbocycles. The summed E-state index contributed by atoms with van der Waals surface area (Å²) in [6, 6.07) is 5.66. The van der Waals surface area contributed by atoms with Crippen molar-refractivity contribution in [2.24, 2.45) is 30.7 Å². The summed E-state index contributed by atoms with van der Waals surface area (Å²) in [7, 11) is 0. The Morgan fingerprint density at radius 1 is 0.547 bits per heavy atom. The number of H-pyrrole nitrogens is 2. The molecule has 1 aliphatic carbocycles. The van der Waals surface area contributed by atoms with Crippen molar-refractivity contribution in [3.8, 4) is 0 Å². The maximum absolute atomic E-state index is 16.0. The van der Waals surface area contributed by atoms with Gasteiger partial charge in [0, 0.05) is 11.1 Å². The number of amidine groups is 4. The Bertz CT molecular complexity index is 2910. The summed E-state index contributed by atoms with van der Waals surface area (Å²) in [6.07, 6.45) is 0. The van der Waals surface area contributed by atoms with Crippen molar-refractivity contribution in [2.45, 2.75) is 5.79 Å². The Labute approximate surface area is 283 Å². The van der Waals surface area contributed by atoms with Crippen LogP contribution in [0.15, 0.2) is 60.9 Å². The summed E-state index contributed by atoms with van der Waals surface area (Å²) in [5, 5.41) is -1.25. The van der Waals surface area contributed by atoms with Gasteiger partial charge in [-0.3, -0.25) is 5.73 Å². The van der Waals surface area contributed by atoms with Crippen molar-refractivity contribution in [1.82, 2.24) is 9.97 Å². The largest absolute Gasteiger partial charge is 0.325 e. The van der Waals surface area contributed by atoms with Gasteiger partial charge in [0.25, 0.3) is 0 Å². The molecule has 0 amide bonds. The van der Waals surface area contributed by atoms with Crippen molar-refractivity contribution in [3.05, 3.63) is 121 Å². The molecule has 21 heteroatoms. The monoisotopic (exact) mass is 747 g/mol. The fourth-order valence-corrected chi connectivity index (χ4v) is 6.35. The van der Waals surface area contributed by atoms with E-state index >= 15 is 26.3 Å². The molecule has 2 aromatic heterocycles. The minimum atomic E-state index is -4.01. The summed E-state index contributed by atoms with van der Waals surface area (Å²) in [5.74, 6) is -34.6. The van der Waals surface area contributed by atoms with Crippen LogP contribution in [0.25, 0.3) is 16.6 Å². The summed E-state index contributed by atoms with van der Waals surface area (Å²) in [4.78, 5) is 24.6. The lowest BCUT2D eigenvalue weighted by Crippen LogP contribution is -2.44. The molecule has 9 nitrogen and oxygen atoms in total. The molecule has 9 rings (SSSR count). The lowest BCUT2D eigenvalue weighted by Gasteiger charge is -2.23. The SMILES string of the molecule is NC1(F)C(F)=C(F)C(F)=c2c1c1[nH]c2=NC2=NC(=Nc3[nH]c(c4c(F)c(F)c(F)c(F)c34)N=C3N=C(N1)c1c(F)c(F)c(F)c(F)c13)c1ccccc12. The zero-order valence-electron chi connectivity index (χ0n) is 25.2. The molecule has 5 aromatic rings. The van der Waals surface area contributed by atoms with Crippen LogP contribution in [0.5, 0.6) is 0 Å². The van der Waals surface area contributed by atoms with Gasteiger partial charge in [0.1, 0.15) is 28.8 Å². The first-order valence-electron chi connectivity index (χ1n) is 14.6. The number of halogens is 12. The highest BCUT2D eigenvalue weighted by Crippen LogP contribution is 2.43. The van der Waals surface area contributed by atoms with Gasteiger partial charge in [0.15, 0.2) is 81.5 Å². The topological polar surface area (TPSA) is 131 Å². The first-order valence-corrected chi connectivity index (χ1v) is 14.6. The predicted molar refractivity (Wildman–Crippen MR) is 162 cm³/mol. The normalized spacial score (nSPS) is 18.6. The Morgan fingerprint density at radius 3 is 1.68 bits per heavy atom. The molecule has 0 spiro atoms. The Morgan fingerprint density at radius 2 is 1.08 bits per heavy atom. The third-order valence-electron chi connectivity index (χ3n) is 8.71. The number of aromatic nitrogens is 2. The molecule has 0 saturated heterocycles. The number of rotatable bonds is 0. The fourth-order valence-electron chi connectivity index (χ4n) is 6.35. The van der Waals surface area contributed by atoms with E-state index in [0.29, 0.717) is 0 Å². The van der Waals surface area contributed by atoms with Gasteiger partial charge >= 0.3 is 0 Å². The third-order valence-corrected chi connectivity index (χ3v) is 8.71. The summed E-state index contributed by atoms with van der Waals surface area (Å²) in [5.41, 5.74) is 0.933. The van der Waals surface area contributed by atoms with Crippen molar-refractivity contribution < 1.29 is 52.7 Å². The van der Waals surface area contributed by atoms with Crippen LogP contribution in [0.3, 0.4) is 0 Å². The second kappa shape index (κ2) is 10.5. The number of benzene rings is 3. The van der Waals surface area contributed by atoms with E-state index in [0.717, 1.165) is 0 Å². The summed E-state index contributed by atoms with van der Waals surface area (Å²) in [6.45, 7) is 0. The molecule has 1 atom stereocenters. The number of allylic oxidation sites excluding steroid dienone is 1. The molecule has 4 aliphatic rings. The number of hydrogen-bond acceptors (Lipinski definition) is 7. The highest BCUT2D eigenvalue weighted by atomic mass is 19.2. The third kappa shape index (κ3) is 4.12. The standard InChI is InChI=1S/C32H9F12N9/c33-13-7-8(14(34)19(39)18(13)38)27-49-26(7)47-24-5-3-1-2-4-6(5)25(46-24)48-30-11-12(32(44,45)23(43)22(42)17(11)37)31(53-30)52-29-10-9(28(50-27)51-29)15(35)20(40)21(41)16(10)36/h1-4,49H,45H2,(H,50,51,52)(H,46,47,48,53). The van der Waals surface area contributed by atoms with Gasteiger partial charge in [0.05, 0.1) is 32.7 Å². The van der Waals surface area contributed by atoms with E-state index in [1.807, 2.05) is 0 Å². The summed E-state index contributed by atoms with van der Waals surface area (Å²) >= 11 is 0. The Balaban J connectivity index is 1.47. The molecule has 53 heavy (non-hydrogen) atoms. The van der Waals surface area contributed by atoms with Gasteiger partial charge in [-0.05, 0) is 0 Å². The number of alkyl halides is 1. The highest BCUT2D eigenvalue weighted by Gasteiger charge is 2.46. The molecule has 5 heterocycles. The number of aromatic amines is 2. The smallest absolute Gasteiger partial charge is 0.244 e. The number of anilines is 1. The maximum atomic E-state index is 16.0. The molecule has 266 valence electrons. The number of hydrogen-bond donors (Lipinski definition) is 4. The van der Waals surface area contributed by atoms with Crippen molar-refractivity contribution >= 4 is 57.4 Å². The van der Waals surface area contributed by atoms with Crippen molar-refractivity contribution in [3.63, 3.8) is 0 Å². The maximum Gasteiger partial charge on any atom is 0.244 e. The predicted octanol–water partition coefficient (Wildman–Crippen LogP) is 6.35. The fraction of sp³-hybridized carbons (Fsp3) is 0.0312. The number of fused-ring (bicyclic) bond motifs is 18. The van der Waals surface area contributed by atoms with Crippen LogP contribution in [-0.4, -0.2) is 33.3 Å². The van der Waals surface area contributed by atoms with Crippen molar-refractivity contribution in [1.29, 1.82) is 0 Å². The van der Waals surface area contributed by atoms with Gasteiger partial charge in [-0.15, -0.1) is 0 Å². The van der Waals surface area contributed by atoms with Crippen LogP contribution in [0, 0.1) is 46.5 Å². The van der Waals surface area contributed by atoms with Crippen molar-refractivity contribution in [2.75, 3.05) is 5.32 Å². The quantitative estimate of drug-likeness (QED) is 0.0637. The van der Waals surface area contributed by atoms with E-state index in [1.54, 1.807) is 0 Å². The van der Waals surface area contributed by atoms with E-state index in [2.05, 4.69) is 40.2 Å². The van der Waals surface area contributed by atoms with Gasteiger partial charge in [-0.1, -0.05) is 24.3 Å². The lowest BCUT2D eigenvalue weighted by atomic mass is 9.98. The second-order valence-corrected chi connectivity index (χ2v) is 11.6. The number of nitrogens with zero attached hydrogens (tertiary/aromatic N) is 5. The first kappa shape index (κ1) is 32.4. The van der Waals surface area contributed by atoms with E-state index in [1.165, 1.54) is 24.3 Å².